The van der Waals surface area contributed by atoms with Crippen molar-refractivity contribution < 1.29 is 37.6 Å². The smallest absolute Gasteiger partial charge is 0.462 e. The van der Waals surface area contributed by atoms with Crippen LogP contribution in [0.1, 0.15) is 373 Å². The summed E-state index contributed by atoms with van der Waals surface area (Å²) in [6, 6.07) is 0. The van der Waals surface area contributed by atoms with Gasteiger partial charge < -0.3 is 20.1 Å². The zero-order valence-electron chi connectivity index (χ0n) is 60.7. The molecule has 2 atom stereocenters. The maximum absolute atomic E-state index is 12.8. The lowest BCUT2D eigenvalue weighted by atomic mass is 10.0. The Bertz CT molecular complexity index is 1900. The summed E-state index contributed by atoms with van der Waals surface area (Å²) in [5.41, 5.74) is 5.41. The molecule has 2 unspecified atom stereocenters. The Morgan fingerprint density at radius 2 is 0.591 bits per heavy atom. The molecule has 0 amide bonds. The summed E-state index contributed by atoms with van der Waals surface area (Å²) in [5.74, 6) is -0.812. The van der Waals surface area contributed by atoms with Crippen LogP contribution in [0.5, 0.6) is 0 Å². The number of unbranched alkanes of at least 4 members (excludes halogenated alkanes) is 43. The molecular weight excluding hydrogens is 1170 g/mol. The number of phosphoric acid groups is 1. The maximum atomic E-state index is 12.8. The van der Waals surface area contributed by atoms with Crippen LogP contribution in [0.25, 0.3) is 0 Å². The third-order valence-corrected chi connectivity index (χ3v) is 18.1. The second-order valence-corrected chi connectivity index (χ2v) is 27.7. The molecule has 0 saturated carbocycles. The number of phosphoric ester groups is 1. The number of hydrogen-bond acceptors (Lipinski definition) is 8. The highest BCUT2D eigenvalue weighted by atomic mass is 31.2. The minimum Gasteiger partial charge on any atom is -0.462 e. The average molecular weight is 1320 g/mol. The number of carbonyl (C=O) groups excluding carboxylic acids is 2. The normalized spacial score (nSPS) is 13.5. The summed E-state index contributed by atoms with van der Waals surface area (Å²) in [6.45, 7) is 3.67. The van der Waals surface area contributed by atoms with Gasteiger partial charge in [-0.05, 0) is 103 Å². The second kappa shape index (κ2) is 77.7. The second-order valence-electron chi connectivity index (χ2n) is 26.2. The molecule has 0 radical (unpaired) electrons. The van der Waals surface area contributed by atoms with Crippen LogP contribution in [0.15, 0.2) is 109 Å². The van der Waals surface area contributed by atoms with Crippen LogP contribution in [-0.2, 0) is 32.7 Å². The Labute approximate surface area is 575 Å². The first kappa shape index (κ1) is 89.7. The number of esters is 2. The average Bonchev–Trinajstić information content (AvgIpc) is 3.60. The van der Waals surface area contributed by atoms with Crippen LogP contribution in [0, 0.1) is 0 Å². The first-order valence-electron chi connectivity index (χ1n) is 39.4. The topological polar surface area (TPSA) is 134 Å². The van der Waals surface area contributed by atoms with Crippen LogP contribution >= 0.6 is 7.82 Å². The van der Waals surface area contributed by atoms with Gasteiger partial charge in [0.25, 0.3) is 0 Å². The first-order chi connectivity index (χ1) is 45.8. The highest BCUT2D eigenvalue weighted by molar-refractivity contribution is 7.47. The summed E-state index contributed by atoms with van der Waals surface area (Å²) in [4.78, 5) is 35.5. The Balaban J connectivity index is 3.80. The van der Waals surface area contributed by atoms with Gasteiger partial charge in [0, 0.05) is 19.4 Å². The molecule has 0 aromatic heterocycles. The van der Waals surface area contributed by atoms with Gasteiger partial charge in [-0.3, -0.25) is 18.6 Å². The van der Waals surface area contributed by atoms with Gasteiger partial charge in [-0.15, -0.1) is 0 Å². The molecule has 0 bridgehead atoms. The third kappa shape index (κ3) is 77.6. The lowest BCUT2D eigenvalue weighted by molar-refractivity contribution is -0.161. The van der Waals surface area contributed by atoms with Gasteiger partial charge in [0.1, 0.15) is 6.61 Å². The molecule has 0 aliphatic carbocycles. The molecule has 93 heavy (non-hydrogen) atoms. The number of rotatable bonds is 74. The quantitative estimate of drug-likeness (QED) is 0.0264. The Kier molecular flexibility index (Phi) is 74.9. The minimum absolute atomic E-state index is 0.0525. The van der Waals surface area contributed by atoms with Crippen LogP contribution in [0.4, 0.5) is 0 Å². The Hall–Kier alpha value is -3.33. The zero-order chi connectivity index (χ0) is 67.2. The fourth-order valence-electron chi connectivity index (χ4n) is 11.4. The maximum Gasteiger partial charge on any atom is 0.472 e. The van der Waals surface area contributed by atoms with Crippen molar-refractivity contribution in [2.75, 3.05) is 26.4 Å². The molecule has 538 valence electrons. The van der Waals surface area contributed by atoms with Crippen molar-refractivity contribution in [2.45, 2.75) is 380 Å². The van der Waals surface area contributed by atoms with E-state index in [2.05, 4.69) is 123 Å². The van der Waals surface area contributed by atoms with Crippen molar-refractivity contribution in [3.05, 3.63) is 109 Å². The SMILES string of the molecule is CC/C=C\C/C=C\C/C=C\C/C=C\C/C=C\C/C=C\CCCCCCCCCCCCCCCCCCCCCCC(=O)OC(COC(=O)CCCCCCCCCCCCCCCCCCCC/C=C\C/C=C\C/C=C\CCCCCCC)COP(=O)(O)OCCN. The van der Waals surface area contributed by atoms with E-state index in [0.717, 1.165) is 89.9 Å². The largest absolute Gasteiger partial charge is 0.472 e. The zero-order valence-corrected chi connectivity index (χ0v) is 61.6. The predicted octanol–water partition coefficient (Wildman–Crippen LogP) is 26.4. The fourth-order valence-corrected chi connectivity index (χ4v) is 12.1. The number of allylic oxidation sites excluding steroid dienone is 18. The van der Waals surface area contributed by atoms with Crippen molar-refractivity contribution in [2.24, 2.45) is 5.73 Å². The Morgan fingerprint density at radius 3 is 0.882 bits per heavy atom. The molecule has 0 fully saturated rings. The summed E-state index contributed by atoms with van der Waals surface area (Å²) >= 11 is 0. The van der Waals surface area contributed by atoms with E-state index in [1.54, 1.807) is 0 Å². The first-order valence-corrected chi connectivity index (χ1v) is 40.9. The van der Waals surface area contributed by atoms with Crippen LogP contribution < -0.4 is 5.73 Å². The van der Waals surface area contributed by atoms with Crippen LogP contribution in [0.3, 0.4) is 0 Å². The van der Waals surface area contributed by atoms with Crippen molar-refractivity contribution in [3.8, 4) is 0 Å². The van der Waals surface area contributed by atoms with E-state index in [1.165, 1.54) is 250 Å². The van der Waals surface area contributed by atoms with Gasteiger partial charge in [-0.1, -0.05) is 367 Å². The molecule has 0 heterocycles. The summed E-state index contributed by atoms with van der Waals surface area (Å²) in [6.07, 6.45) is 108. The minimum atomic E-state index is -4.40. The van der Waals surface area contributed by atoms with E-state index >= 15 is 0 Å². The molecule has 10 heteroatoms. The molecule has 0 aromatic carbocycles. The van der Waals surface area contributed by atoms with Crippen LogP contribution in [-0.4, -0.2) is 49.3 Å². The number of hydrogen-bond donors (Lipinski definition) is 2. The summed E-state index contributed by atoms with van der Waals surface area (Å²) in [7, 11) is -4.40. The standard InChI is InChI=1S/C83H148NO8P/c1-3-5-7-9-11-13-15-17-19-21-23-25-27-29-31-33-35-37-38-39-40-41-42-44-46-48-50-52-54-56-58-60-62-64-66-68-70-72-74-76-83(86)92-81(80-91-93(87,88)90-78-77-84)79-89-82(85)75-73-71-69-67-65-63-61-59-57-55-53-51-49-47-45-43-36-34-32-30-28-26-24-22-20-18-16-14-12-10-8-6-4-2/h5,7,11,13,16-19,22-25,28-31,35,37,81H,3-4,6,8-10,12,14-15,20-21,26-27,32-34,36,38-80,84H2,1-2H3,(H,87,88)/b7-5-,13-11-,18-16-,19-17-,24-22-,25-23-,30-28-,31-29-,37-35-. The van der Waals surface area contributed by atoms with E-state index in [9.17, 15) is 19.0 Å². The van der Waals surface area contributed by atoms with Gasteiger partial charge in [-0.2, -0.15) is 0 Å². The summed E-state index contributed by atoms with van der Waals surface area (Å²) in [5, 5.41) is 0. The van der Waals surface area contributed by atoms with E-state index in [1.807, 2.05) is 0 Å². The van der Waals surface area contributed by atoms with Gasteiger partial charge >= 0.3 is 19.8 Å². The molecule has 3 N–H and O–H groups in total. The number of nitrogens with two attached hydrogens (primary N) is 1. The van der Waals surface area contributed by atoms with Gasteiger partial charge in [0.2, 0.25) is 0 Å². The lowest BCUT2D eigenvalue weighted by Crippen LogP contribution is -2.29. The molecule has 9 nitrogen and oxygen atoms in total. The van der Waals surface area contributed by atoms with Crippen molar-refractivity contribution in [1.82, 2.24) is 0 Å². The third-order valence-electron chi connectivity index (χ3n) is 17.1. The van der Waals surface area contributed by atoms with Crippen molar-refractivity contribution in [3.63, 3.8) is 0 Å². The molecular formula is C83H148NO8P. The van der Waals surface area contributed by atoms with Crippen LogP contribution in [0.2, 0.25) is 0 Å². The fraction of sp³-hybridized carbons (Fsp3) is 0.759. The number of carbonyl (C=O) groups is 2. The van der Waals surface area contributed by atoms with Gasteiger partial charge in [0.15, 0.2) is 6.10 Å². The van der Waals surface area contributed by atoms with Gasteiger partial charge in [-0.25, -0.2) is 4.57 Å². The molecule has 0 aliphatic heterocycles. The molecule has 0 rings (SSSR count). The summed E-state index contributed by atoms with van der Waals surface area (Å²) < 4.78 is 33.3. The van der Waals surface area contributed by atoms with Gasteiger partial charge in [0.05, 0.1) is 13.2 Å². The monoisotopic (exact) mass is 1320 g/mol. The van der Waals surface area contributed by atoms with E-state index in [4.69, 9.17) is 24.3 Å². The lowest BCUT2D eigenvalue weighted by Gasteiger charge is -2.19. The molecule has 0 saturated heterocycles. The molecule has 0 aromatic rings. The number of ether oxygens (including phenoxy) is 2. The molecule has 0 aliphatic rings. The van der Waals surface area contributed by atoms with E-state index in [0.29, 0.717) is 6.42 Å². The Morgan fingerprint density at radius 1 is 0.333 bits per heavy atom. The van der Waals surface area contributed by atoms with Crippen molar-refractivity contribution >= 4 is 19.8 Å². The highest BCUT2D eigenvalue weighted by Crippen LogP contribution is 2.43. The highest BCUT2D eigenvalue weighted by Gasteiger charge is 2.26. The van der Waals surface area contributed by atoms with E-state index in [-0.39, 0.29) is 38.6 Å². The van der Waals surface area contributed by atoms with E-state index < -0.39 is 26.5 Å². The predicted molar refractivity (Wildman–Crippen MR) is 404 cm³/mol. The molecule has 0 spiro atoms. The van der Waals surface area contributed by atoms with Crippen molar-refractivity contribution in [1.29, 1.82) is 0 Å².